The average Bonchev–Trinajstić information content (AvgIpc) is 2.57. The highest BCUT2D eigenvalue weighted by atomic mass is 16.5. The molecule has 23 heavy (non-hydrogen) atoms. The van der Waals surface area contributed by atoms with Crippen molar-refractivity contribution in [3.05, 3.63) is 35.9 Å². The first-order valence-electron chi connectivity index (χ1n) is 7.53. The van der Waals surface area contributed by atoms with Crippen molar-refractivity contribution in [2.75, 3.05) is 14.2 Å². The quantitative estimate of drug-likeness (QED) is 0.698. The second kappa shape index (κ2) is 9.27. The molecule has 1 aromatic carbocycles. The van der Waals surface area contributed by atoms with Gasteiger partial charge < -0.3 is 19.9 Å². The first-order chi connectivity index (χ1) is 10.9. The van der Waals surface area contributed by atoms with E-state index in [1.807, 2.05) is 30.3 Å². The lowest BCUT2D eigenvalue weighted by molar-refractivity contribution is -0.154. The average molecular weight is 323 g/mol. The molecule has 6 heteroatoms. The Labute approximate surface area is 136 Å². The molecule has 6 nitrogen and oxygen atoms in total. The lowest BCUT2D eigenvalue weighted by atomic mass is 9.85. The minimum absolute atomic E-state index is 0.451. The van der Waals surface area contributed by atoms with Crippen LogP contribution in [0.1, 0.15) is 19.4 Å². The third-order valence-electron chi connectivity index (χ3n) is 3.88. The van der Waals surface area contributed by atoms with Gasteiger partial charge in [-0.15, -0.1) is 0 Å². The highest BCUT2D eigenvalue weighted by Crippen LogP contribution is 2.21. The fraction of sp³-hybridized carbons (Fsp3) is 0.529. The van der Waals surface area contributed by atoms with Crippen molar-refractivity contribution in [3.8, 4) is 0 Å². The van der Waals surface area contributed by atoms with E-state index in [0.717, 1.165) is 5.56 Å². The third kappa shape index (κ3) is 5.33. The molecular weight excluding hydrogens is 298 g/mol. The summed E-state index contributed by atoms with van der Waals surface area (Å²) in [6.07, 6.45) is -0.970. The van der Waals surface area contributed by atoms with Gasteiger partial charge in [0.05, 0.1) is 32.2 Å². The van der Waals surface area contributed by atoms with Gasteiger partial charge in [0.15, 0.2) is 0 Å². The van der Waals surface area contributed by atoms with Gasteiger partial charge in [-0.25, -0.2) is 0 Å². The number of ether oxygens (including phenoxy) is 2. The van der Waals surface area contributed by atoms with Gasteiger partial charge in [-0.3, -0.25) is 9.59 Å². The molecule has 1 rings (SSSR count). The summed E-state index contributed by atoms with van der Waals surface area (Å²) in [6, 6.07) is 8.97. The number of aliphatic hydroxyl groups is 1. The van der Waals surface area contributed by atoms with Gasteiger partial charge in [0.1, 0.15) is 0 Å². The Balaban J connectivity index is 2.99. The van der Waals surface area contributed by atoms with E-state index < -0.39 is 35.9 Å². The van der Waals surface area contributed by atoms with Crippen molar-refractivity contribution in [2.45, 2.75) is 32.5 Å². The summed E-state index contributed by atoms with van der Waals surface area (Å²) in [4.78, 5) is 24.0. The van der Waals surface area contributed by atoms with Crippen molar-refractivity contribution in [1.82, 2.24) is 5.32 Å². The molecule has 1 aromatic rings. The summed E-state index contributed by atoms with van der Waals surface area (Å²) in [5, 5.41) is 13.2. The number of hydrogen-bond acceptors (Lipinski definition) is 6. The molecule has 128 valence electrons. The Morgan fingerprint density at radius 2 is 1.65 bits per heavy atom. The van der Waals surface area contributed by atoms with Gasteiger partial charge >= 0.3 is 11.9 Å². The molecule has 2 N–H and O–H groups in total. The number of rotatable bonds is 8. The Morgan fingerprint density at radius 1 is 1.09 bits per heavy atom. The summed E-state index contributed by atoms with van der Waals surface area (Å²) >= 11 is 0. The van der Waals surface area contributed by atoms with E-state index in [4.69, 9.17) is 9.47 Å². The number of methoxy groups -OCH3 is 2. The summed E-state index contributed by atoms with van der Waals surface area (Å²) in [5.41, 5.74) is 1.00. The monoisotopic (exact) mass is 323 g/mol. The maximum atomic E-state index is 12.0. The topological polar surface area (TPSA) is 84.9 Å². The number of aliphatic hydroxyl groups excluding tert-OH is 1. The smallest absolute Gasteiger partial charge is 0.312 e. The van der Waals surface area contributed by atoms with Gasteiger partial charge in [0, 0.05) is 12.6 Å². The zero-order valence-electron chi connectivity index (χ0n) is 14.0. The van der Waals surface area contributed by atoms with Gasteiger partial charge in [0.2, 0.25) is 0 Å². The minimum Gasteiger partial charge on any atom is -0.469 e. The predicted octanol–water partition coefficient (Wildman–Crippen LogP) is 1.12. The Kier molecular flexibility index (Phi) is 7.71. The largest absolute Gasteiger partial charge is 0.469 e. The molecule has 0 radical (unpaired) electrons. The highest BCUT2D eigenvalue weighted by Gasteiger charge is 2.39. The molecule has 0 spiro atoms. The van der Waals surface area contributed by atoms with E-state index in [9.17, 15) is 14.7 Å². The lowest BCUT2D eigenvalue weighted by Crippen LogP contribution is -2.51. The van der Waals surface area contributed by atoms with Gasteiger partial charge in [-0.2, -0.15) is 0 Å². The molecule has 0 fully saturated rings. The molecule has 0 aliphatic heterocycles. The van der Waals surface area contributed by atoms with E-state index in [0.29, 0.717) is 6.54 Å². The predicted molar refractivity (Wildman–Crippen MR) is 85.4 cm³/mol. The molecule has 0 saturated heterocycles. The maximum absolute atomic E-state index is 12.0. The normalized spacial score (nSPS) is 16.0. The molecule has 0 heterocycles. The van der Waals surface area contributed by atoms with Crippen LogP contribution < -0.4 is 5.32 Å². The maximum Gasteiger partial charge on any atom is 0.312 e. The van der Waals surface area contributed by atoms with Crippen molar-refractivity contribution in [3.63, 3.8) is 0 Å². The first kappa shape index (κ1) is 19.1. The van der Waals surface area contributed by atoms with Crippen LogP contribution in [0.4, 0.5) is 0 Å². The molecule has 0 saturated carbocycles. The number of benzene rings is 1. The van der Waals surface area contributed by atoms with E-state index in [2.05, 4.69) is 5.32 Å². The fourth-order valence-electron chi connectivity index (χ4n) is 2.56. The van der Waals surface area contributed by atoms with E-state index >= 15 is 0 Å². The van der Waals surface area contributed by atoms with Crippen molar-refractivity contribution in [2.24, 2.45) is 11.8 Å². The van der Waals surface area contributed by atoms with E-state index in [1.165, 1.54) is 21.1 Å². The Bertz CT molecular complexity index is 503. The lowest BCUT2D eigenvalue weighted by Gasteiger charge is -2.31. The zero-order valence-corrected chi connectivity index (χ0v) is 14.0. The molecule has 0 aliphatic rings. The first-order valence-corrected chi connectivity index (χ1v) is 7.53. The van der Waals surface area contributed by atoms with Crippen molar-refractivity contribution >= 4 is 11.9 Å². The molecule has 0 aromatic heterocycles. The van der Waals surface area contributed by atoms with Crippen LogP contribution >= 0.6 is 0 Å². The van der Waals surface area contributed by atoms with E-state index in [-0.39, 0.29) is 0 Å². The van der Waals surface area contributed by atoms with Gasteiger partial charge in [-0.1, -0.05) is 37.3 Å². The molecule has 0 bridgehead atoms. The molecule has 4 atom stereocenters. The SMILES string of the molecule is COC(=O)[C@@H]([C@H](NCc1ccccc1)[C@@H](C)C(=O)OC)[C@H](C)O. The molecular formula is C17H25NO5. The number of carbonyl (C=O) groups is 2. The zero-order chi connectivity index (χ0) is 17.4. The van der Waals surface area contributed by atoms with Crippen molar-refractivity contribution < 1.29 is 24.2 Å². The van der Waals surface area contributed by atoms with Crippen LogP contribution in [0.3, 0.4) is 0 Å². The number of esters is 2. The summed E-state index contributed by atoms with van der Waals surface area (Å²) in [6.45, 7) is 3.61. The molecule has 0 aliphatic carbocycles. The van der Waals surface area contributed by atoms with Crippen LogP contribution in [0.25, 0.3) is 0 Å². The number of carbonyl (C=O) groups excluding carboxylic acids is 2. The van der Waals surface area contributed by atoms with Crippen LogP contribution in [0.2, 0.25) is 0 Å². The number of hydrogen-bond donors (Lipinski definition) is 2. The molecule has 0 amide bonds. The standard InChI is InChI=1S/C17H25NO5/c1-11(16(20)22-3)15(14(12(2)19)17(21)23-4)18-10-13-8-6-5-7-9-13/h5-9,11-12,14-15,18-19H,10H2,1-4H3/t11-,12+,14-,15-/m1/s1. The summed E-state index contributed by atoms with van der Waals surface area (Å²) < 4.78 is 9.55. The second-order valence-corrected chi connectivity index (χ2v) is 5.49. The molecule has 0 unspecified atom stereocenters. The summed E-state index contributed by atoms with van der Waals surface area (Å²) in [5.74, 6) is -2.52. The van der Waals surface area contributed by atoms with Crippen LogP contribution in [0.15, 0.2) is 30.3 Å². The van der Waals surface area contributed by atoms with Gasteiger partial charge in [0.25, 0.3) is 0 Å². The van der Waals surface area contributed by atoms with E-state index in [1.54, 1.807) is 6.92 Å². The van der Waals surface area contributed by atoms with Gasteiger partial charge in [-0.05, 0) is 12.5 Å². The highest BCUT2D eigenvalue weighted by molar-refractivity contribution is 5.77. The van der Waals surface area contributed by atoms with Crippen LogP contribution in [0, 0.1) is 11.8 Å². The van der Waals surface area contributed by atoms with Crippen LogP contribution in [-0.2, 0) is 25.6 Å². The Morgan fingerprint density at radius 3 is 2.13 bits per heavy atom. The summed E-state index contributed by atoms with van der Waals surface area (Å²) in [7, 11) is 2.55. The Hall–Kier alpha value is -1.92. The fourth-order valence-corrected chi connectivity index (χ4v) is 2.56. The third-order valence-corrected chi connectivity index (χ3v) is 3.88. The van der Waals surface area contributed by atoms with Crippen LogP contribution in [0.5, 0.6) is 0 Å². The van der Waals surface area contributed by atoms with Crippen molar-refractivity contribution in [1.29, 1.82) is 0 Å². The minimum atomic E-state index is -0.970. The van der Waals surface area contributed by atoms with Crippen LogP contribution in [-0.4, -0.2) is 43.4 Å². The second-order valence-electron chi connectivity index (χ2n) is 5.49. The number of nitrogens with one attached hydrogen (secondary N) is 1.